The van der Waals surface area contributed by atoms with Gasteiger partial charge in [0.05, 0.1) is 0 Å². The number of nitrogens with one attached hydrogen (secondary N) is 1. The van der Waals surface area contributed by atoms with Crippen molar-refractivity contribution in [2.24, 2.45) is 0 Å². The Labute approximate surface area is 206 Å². The Morgan fingerprint density at radius 2 is 1.68 bits per heavy atom. The van der Waals surface area contributed by atoms with Crippen molar-refractivity contribution in [3.63, 3.8) is 0 Å². The summed E-state index contributed by atoms with van der Waals surface area (Å²) in [5.41, 5.74) is 1.38. The second kappa shape index (κ2) is 15.0. The molecule has 192 valence electrons. The quantitative estimate of drug-likeness (QED) is 0.341. The highest BCUT2D eigenvalue weighted by Gasteiger charge is 2.27. The average Bonchev–Trinajstić information content (AvgIpc) is 2.81. The molecule has 0 saturated carbocycles. The van der Waals surface area contributed by atoms with Crippen LogP contribution in [0.15, 0.2) is 24.3 Å². The Bertz CT molecular complexity index is 736. The van der Waals surface area contributed by atoms with E-state index in [-0.39, 0.29) is 12.0 Å². The van der Waals surface area contributed by atoms with Crippen molar-refractivity contribution >= 4 is 12.0 Å². The van der Waals surface area contributed by atoms with Crippen LogP contribution in [0.1, 0.15) is 107 Å². The molecule has 1 heterocycles. The molecule has 1 N–H and O–H groups in total. The Morgan fingerprint density at radius 1 is 1.00 bits per heavy atom. The van der Waals surface area contributed by atoms with Gasteiger partial charge in [0.15, 0.2) is 0 Å². The molecular weight excluding hydrogens is 428 g/mol. The number of carbonyl (C=O) groups excluding carboxylic acids is 2. The number of likely N-dealkylation sites (tertiary alicyclic amines) is 1. The predicted molar refractivity (Wildman–Crippen MR) is 137 cm³/mol. The van der Waals surface area contributed by atoms with Crippen molar-refractivity contribution in [1.29, 1.82) is 0 Å². The number of ether oxygens (including phenoxy) is 2. The van der Waals surface area contributed by atoms with Gasteiger partial charge in [-0.05, 0) is 70.1 Å². The third-order valence-electron chi connectivity index (χ3n) is 6.16. The molecule has 1 aliphatic rings. The largest absolute Gasteiger partial charge is 0.444 e. The molecule has 1 aliphatic heterocycles. The zero-order chi connectivity index (χ0) is 24.8. The summed E-state index contributed by atoms with van der Waals surface area (Å²) in [6.07, 6.45) is 9.94. The summed E-state index contributed by atoms with van der Waals surface area (Å²) in [6.45, 7) is 11.4. The molecule has 0 radical (unpaired) electrons. The lowest BCUT2D eigenvalue weighted by atomic mass is 9.88. The number of nitrogens with zero attached hydrogens (tertiary/aromatic N) is 1. The first-order valence-electron chi connectivity index (χ1n) is 13.2. The fourth-order valence-electron chi connectivity index (χ4n) is 4.22. The van der Waals surface area contributed by atoms with Gasteiger partial charge in [-0.25, -0.2) is 4.79 Å². The first-order chi connectivity index (χ1) is 16.3. The molecule has 0 aromatic heterocycles. The summed E-state index contributed by atoms with van der Waals surface area (Å²) in [5.74, 6) is 0.311. The van der Waals surface area contributed by atoms with Crippen LogP contribution in [0.4, 0.5) is 4.79 Å². The maximum absolute atomic E-state index is 12.6. The standard InChI is InChI=1S/C28H46N2O4/c1-5-6-7-8-9-10-20-33-21-12-17-29-26(31)25-14-11-13-24(22-25)23-15-18-30(19-16-23)27(32)34-28(2,3)4/h11,13-14,22-23H,5-10,12,15-21H2,1-4H3,(H,29,31). The summed E-state index contributed by atoms with van der Waals surface area (Å²) < 4.78 is 11.2. The lowest BCUT2D eigenvalue weighted by Gasteiger charge is -2.33. The minimum Gasteiger partial charge on any atom is -0.444 e. The maximum atomic E-state index is 12.6. The number of rotatable bonds is 13. The summed E-state index contributed by atoms with van der Waals surface area (Å²) >= 11 is 0. The number of benzene rings is 1. The minimum atomic E-state index is -0.477. The highest BCUT2D eigenvalue weighted by molar-refractivity contribution is 5.94. The second-order valence-corrected chi connectivity index (χ2v) is 10.4. The minimum absolute atomic E-state index is 0.0380. The molecule has 2 amide bonds. The summed E-state index contributed by atoms with van der Waals surface area (Å²) in [6, 6.07) is 7.90. The van der Waals surface area contributed by atoms with Crippen LogP contribution >= 0.6 is 0 Å². The Hall–Kier alpha value is -2.08. The van der Waals surface area contributed by atoms with Crippen LogP contribution in [0.2, 0.25) is 0 Å². The van der Waals surface area contributed by atoms with Crippen LogP contribution in [0.3, 0.4) is 0 Å². The number of piperidine rings is 1. The van der Waals surface area contributed by atoms with Crippen molar-refractivity contribution in [1.82, 2.24) is 10.2 Å². The molecule has 6 nitrogen and oxygen atoms in total. The van der Waals surface area contributed by atoms with Gasteiger partial charge in [-0.15, -0.1) is 0 Å². The van der Waals surface area contributed by atoms with Gasteiger partial charge in [-0.2, -0.15) is 0 Å². The van der Waals surface area contributed by atoms with E-state index in [1.807, 2.05) is 39.0 Å². The number of hydrogen-bond donors (Lipinski definition) is 1. The van der Waals surface area contributed by atoms with E-state index in [0.29, 0.717) is 37.7 Å². The molecule has 0 unspecified atom stereocenters. The second-order valence-electron chi connectivity index (χ2n) is 10.4. The molecule has 0 bridgehead atoms. The van der Waals surface area contributed by atoms with Crippen molar-refractivity contribution in [3.05, 3.63) is 35.4 Å². The van der Waals surface area contributed by atoms with Crippen LogP contribution in [-0.4, -0.2) is 55.3 Å². The van der Waals surface area contributed by atoms with Crippen LogP contribution in [0.5, 0.6) is 0 Å². The molecular formula is C28H46N2O4. The van der Waals surface area contributed by atoms with Crippen molar-refractivity contribution in [3.8, 4) is 0 Å². The Morgan fingerprint density at radius 3 is 2.38 bits per heavy atom. The molecule has 1 aromatic rings. The van der Waals surface area contributed by atoms with E-state index in [1.54, 1.807) is 4.90 Å². The first kappa shape index (κ1) is 28.2. The molecule has 1 aromatic carbocycles. The third-order valence-corrected chi connectivity index (χ3v) is 6.16. The summed E-state index contributed by atoms with van der Waals surface area (Å²) in [7, 11) is 0. The summed E-state index contributed by atoms with van der Waals surface area (Å²) in [4.78, 5) is 26.7. The fraction of sp³-hybridized carbons (Fsp3) is 0.714. The first-order valence-corrected chi connectivity index (χ1v) is 13.2. The highest BCUT2D eigenvalue weighted by Crippen LogP contribution is 2.29. The number of amides is 2. The van der Waals surface area contributed by atoms with Crippen molar-refractivity contribution in [2.45, 2.75) is 97.0 Å². The SMILES string of the molecule is CCCCCCCCOCCCNC(=O)c1cccc(C2CCN(C(=O)OC(C)(C)C)CC2)c1. The van der Waals surface area contributed by atoms with E-state index in [2.05, 4.69) is 18.3 Å². The van der Waals surface area contributed by atoms with E-state index in [9.17, 15) is 9.59 Å². The van der Waals surface area contributed by atoms with E-state index >= 15 is 0 Å². The van der Waals surface area contributed by atoms with Gasteiger partial charge in [-0.1, -0.05) is 51.2 Å². The molecule has 34 heavy (non-hydrogen) atoms. The highest BCUT2D eigenvalue weighted by atomic mass is 16.6. The van der Waals surface area contributed by atoms with Crippen molar-refractivity contribution in [2.75, 3.05) is 32.8 Å². The zero-order valence-electron chi connectivity index (χ0n) is 21.9. The van der Waals surface area contributed by atoms with Gasteiger partial charge in [-0.3, -0.25) is 4.79 Å². The van der Waals surface area contributed by atoms with Crippen LogP contribution in [0, 0.1) is 0 Å². The van der Waals surface area contributed by atoms with Crippen LogP contribution in [0.25, 0.3) is 0 Å². The van der Waals surface area contributed by atoms with Gasteiger partial charge in [0.25, 0.3) is 5.91 Å². The lowest BCUT2D eigenvalue weighted by molar-refractivity contribution is 0.0205. The molecule has 2 rings (SSSR count). The van der Waals surface area contributed by atoms with Gasteiger partial charge in [0, 0.05) is 38.4 Å². The lowest BCUT2D eigenvalue weighted by Crippen LogP contribution is -2.41. The normalized spacial score (nSPS) is 14.8. The predicted octanol–water partition coefficient (Wildman–Crippen LogP) is 6.30. The zero-order valence-corrected chi connectivity index (χ0v) is 21.9. The van der Waals surface area contributed by atoms with Gasteiger partial charge in [0.2, 0.25) is 0 Å². The molecule has 0 aliphatic carbocycles. The van der Waals surface area contributed by atoms with Crippen LogP contribution < -0.4 is 5.32 Å². The molecule has 0 spiro atoms. The smallest absolute Gasteiger partial charge is 0.410 e. The number of unbranched alkanes of at least 4 members (excludes halogenated alkanes) is 5. The van der Waals surface area contributed by atoms with E-state index in [1.165, 1.54) is 37.7 Å². The topological polar surface area (TPSA) is 67.9 Å². The summed E-state index contributed by atoms with van der Waals surface area (Å²) in [5, 5.41) is 3.01. The van der Waals surface area contributed by atoms with E-state index < -0.39 is 5.60 Å². The third kappa shape index (κ3) is 10.9. The Balaban J connectivity index is 1.65. The van der Waals surface area contributed by atoms with E-state index in [4.69, 9.17) is 9.47 Å². The van der Waals surface area contributed by atoms with Gasteiger partial charge in [0.1, 0.15) is 5.60 Å². The van der Waals surface area contributed by atoms with Crippen LogP contribution in [-0.2, 0) is 9.47 Å². The van der Waals surface area contributed by atoms with Crippen molar-refractivity contribution < 1.29 is 19.1 Å². The Kier molecular flexibility index (Phi) is 12.4. The van der Waals surface area contributed by atoms with E-state index in [0.717, 1.165) is 32.3 Å². The molecule has 6 heteroatoms. The van der Waals surface area contributed by atoms with Gasteiger partial charge < -0.3 is 19.7 Å². The molecule has 1 saturated heterocycles. The monoisotopic (exact) mass is 474 g/mol. The van der Waals surface area contributed by atoms with Gasteiger partial charge >= 0.3 is 6.09 Å². The fourth-order valence-corrected chi connectivity index (χ4v) is 4.22. The maximum Gasteiger partial charge on any atom is 0.410 e. The number of hydrogen-bond acceptors (Lipinski definition) is 4. The molecule has 1 fully saturated rings. The molecule has 0 atom stereocenters. The number of carbonyl (C=O) groups is 2. The average molecular weight is 475 g/mol.